The quantitative estimate of drug-likeness (QED) is 0.128. The van der Waals surface area contributed by atoms with Crippen molar-refractivity contribution < 1.29 is 37.5 Å². The molecular formula is C18H15N3O8S2. The molecule has 162 valence electrons. The number of nitrogens with zero attached hydrogens (tertiary/aromatic N) is 2. The van der Waals surface area contributed by atoms with Crippen LogP contribution in [0, 0.1) is 0 Å². The number of hydrogen-bond donors (Lipinski definition) is 4. The van der Waals surface area contributed by atoms with Crippen molar-refractivity contribution >= 4 is 55.9 Å². The van der Waals surface area contributed by atoms with E-state index >= 15 is 0 Å². The van der Waals surface area contributed by atoms with E-state index in [4.69, 9.17) is 5.26 Å². The third-order valence-electron chi connectivity index (χ3n) is 3.93. The third-order valence-corrected chi connectivity index (χ3v) is 5.45. The molecule has 0 unspecified atom stereocenters. The van der Waals surface area contributed by atoms with E-state index in [-0.39, 0.29) is 27.9 Å². The summed E-state index contributed by atoms with van der Waals surface area (Å²) in [7, 11) is -4.56. The fourth-order valence-corrected chi connectivity index (χ4v) is 3.83. The van der Waals surface area contributed by atoms with E-state index in [1.54, 1.807) is 18.2 Å². The lowest BCUT2D eigenvalue weighted by molar-refractivity contribution is -0.432. The van der Waals surface area contributed by atoms with Crippen LogP contribution in [-0.2, 0) is 24.3 Å². The van der Waals surface area contributed by atoms with Crippen LogP contribution in [0.1, 0.15) is 6.92 Å². The average molecular weight is 465 g/mol. The van der Waals surface area contributed by atoms with Crippen LogP contribution in [0.25, 0.3) is 10.8 Å². The summed E-state index contributed by atoms with van der Waals surface area (Å²) < 4.78 is 36.8. The molecule has 31 heavy (non-hydrogen) atoms. The summed E-state index contributed by atoms with van der Waals surface area (Å²) in [4.78, 5) is 11.0. The van der Waals surface area contributed by atoms with Crippen molar-refractivity contribution in [2.45, 2.75) is 16.7 Å². The van der Waals surface area contributed by atoms with Crippen molar-refractivity contribution in [2.75, 3.05) is 5.32 Å². The van der Waals surface area contributed by atoms with Gasteiger partial charge in [0.15, 0.2) is 5.75 Å². The summed E-state index contributed by atoms with van der Waals surface area (Å²) in [6, 6.07) is 11.6. The molecule has 0 saturated heterocycles. The molecule has 1 amide bonds. The second-order valence-corrected chi connectivity index (χ2v) is 8.19. The third kappa shape index (κ3) is 5.35. The van der Waals surface area contributed by atoms with Gasteiger partial charge in [-0.2, -0.15) is 8.42 Å². The molecular weight excluding hydrogens is 450 g/mol. The van der Waals surface area contributed by atoms with E-state index in [2.05, 4.69) is 24.9 Å². The molecule has 0 saturated carbocycles. The van der Waals surface area contributed by atoms with Gasteiger partial charge in [0.2, 0.25) is 5.91 Å². The molecule has 0 aliphatic heterocycles. The molecule has 4 N–H and O–H groups in total. The van der Waals surface area contributed by atoms with Crippen molar-refractivity contribution in [3.63, 3.8) is 0 Å². The maximum Gasteiger partial charge on any atom is 0.296 e. The van der Waals surface area contributed by atoms with Gasteiger partial charge >= 0.3 is 0 Å². The fraction of sp³-hybridized carbons (Fsp3) is 0.0556. The highest BCUT2D eigenvalue weighted by Crippen LogP contribution is 2.44. The van der Waals surface area contributed by atoms with Crippen LogP contribution in [0.5, 0.6) is 5.75 Å². The van der Waals surface area contributed by atoms with Gasteiger partial charge in [-0.3, -0.25) is 9.35 Å². The van der Waals surface area contributed by atoms with E-state index in [0.717, 1.165) is 6.07 Å². The first kappa shape index (κ1) is 22.6. The minimum absolute atomic E-state index is 0.119. The summed E-state index contributed by atoms with van der Waals surface area (Å²) >= 11 is 0.500. The van der Waals surface area contributed by atoms with E-state index in [1.807, 2.05) is 0 Å². The van der Waals surface area contributed by atoms with Crippen LogP contribution in [0.2, 0.25) is 0 Å². The van der Waals surface area contributed by atoms with Crippen LogP contribution >= 0.6 is 12.0 Å². The molecule has 13 heteroatoms. The Labute approximate surface area is 180 Å². The standard InChI is InChI=1S/C18H15N3O8S2/c1-10(22)19-12-6-7-13-11(8-12)9-15(30-29-28-24)17(18(13)23)21-20-14-4-2-3-5-16(14)31(25,26)27/h2-9,23-24H,1H3,(H,19,22)(H,25,26,27). The zero-order valence-corrected chi connectivity index (χ0v) is 17.3. The Morgan fingerprint density at radius 1 is 1.13 bits per heavy atom. The summed E-state index contributed by atoms with van der Waals surface area (Å²) in [5.74, 6) is -0.609. The first-order valence-electron chi connectivity index (χ1n) is 8.41. The van der Waals surface area contributed by atoms with Gasteiger partial charge < -0.3 is 10.4 Å². The highest BCUT2D eigenvalue weighted by atomic mass is 32.2. The van der Waals surface area contributed by atoms with Crippen molar-refractivity contribution in [3.05, 3.63) is 48.5 Å². The van der Waals surface area contributed by atoms with Crippen molar-refractivity contribution in [1.29, 1.82) is 0 Å². The molecule has 0 spiro atoms. The molecule has 0 radical (unpaired) electrons. The molecule has 0 bridgehead atoms. The van der Waals surface area contributed by atoms with Gasteiger partial charge in [-0.05, 0) is 41.8 Å². The number of carbonyl (C=O) groups excluding carboxylic acids is 1. The Hall–Kier alpha value is -3.07. The van der Waals surface area contributed by atoms with Gasteiger partial charge in [0, 0.05) is 18.0 Å². The van der Waals surface area contributed by atoms with Crippen LogP contribution in [-0.4, -0.2) is 29.2 Å². The number of carbonyl (C=O) groups is 1. The van der Waals surface area contributed by atoms with Gasteiger partial charge in [-0.25, -0.2) is 5.26 Å². The van der Waals surface area contributed by atoms with Crippen LogP contribution in [0.4, 0.5) is 17.1 Å². The lowest BCUT2D eigenvalue weighted by Crippen LogP contribution is -2.05. The molecule has 0 atom stereocenters. The SMILES string of the molecule is CC(=O)Nc1ccc2c(O)c(N=Nc3ccccc3S(=O)(=O)O)c(SOOO)cc2c1. The van der Waals surface area contributed by atoms with Gasteiger partial charge in [0.25, 0.3) is 10.1 Å². The summed E-state index contributed by atoms with van der Waals surface area (Å²) in [6.45, 7) is 1.35. The number of benzene rings is 3. The van der Waals surface area contributed by atoms with Crippen molar-refractivity contribution in [1.82, 2.24) is 0 Å². The topological polar surface area (TPSA) is 167 Å². The number of rotatable bonds is 7. The normalized spacial score (nSPS) is 11.8. The molecule has 3 rings (SSSR count). The second-order valence-electron chi connectivity index (χ2n) is 6.06. The van der Waals surface area contributed by atoms with E-state index in [1.165, 1.54) is 31.2 Å². The molecule has 0 aliphatic carbocycles. The molecule has 0 aliphatic rings. The van der Waals surface area contributed by atoms with Gasteiger partial charge in [-0.15, -0.1) is 14.6 Å². The Bertz CT molecular complexity index is 1280. The first-order chi connectivity index (χ1) is 14.7. The maximum absolute atomic E-state index is 11.5. The second kappa shape index (κ2) is 9.38. The van der Waals surface area contributed by atoms with E-state index in [9.17, 15) is 22.9 Å². The van der Waals surface area contributed by atoms with E-state index in [0.29, 0.717) is 28.5 Å². The van der Waals surface area contributed by atoms with Crippen LogP contribution in [0.3, 0.4) is 0 Å². The number of aromatic hydroxyl groups is 1. The highest BCUT2D eigenvalue weighted by molar-refractivity contribution is 7.94. The number of anilines is 1. The number of phenolic OH excluding ortho intramolecular Hbond substituents is 1. The number of nitrogens with one attached hydrogen (secondary N) is 1. The number of azo groups is 1. The molecule has 11 nitrogen and oxygen atoms in total. The molecule has 0 fully saturated rings. The van der Waals surface area contributed by atoms with Crippen LogP contribution < -0.4 is 5.32 Å². The zero-order chi connectivity index (χ0) is 22.6. The van der Waals surface area contributed by atoms with Gasteiger partial charge in [0.05, 0.1) is 16.9 Å². The number of fused-ring (bicyclic) bond motifs is 1. The molecule has 3 aromatic carbocycles. The predicted molar refractivity (Wildman–Crippen MR) is 111 cm³/mol. The molecule has 0 heterocycles. The minimum atomic E-state index is -4.56. The highest BCUT2D eigenvalue weighted by Gasteiger charge is 2.18. The Morgan fingerprint density at radius 3 is 2.55 bits per heavy atom. The summed E-state index contributed by atoms with van der Waals surface area (Å²) in [5, 5.41) is 34.0. The van der Waals surface area contributed by atoms with Gasteiger partial charge in [-0.1, -0.05) is 17.2 Å². The number of amides is 1. The predicted octanol–water partition coefficient (Wildman–Crippen LogP) is 4.59. The summed E-state index contributed by atoms with van der Waals surface area (Å²) in [6.07, 6.45) is 0. The Morgan fingerprint density at radius 2 is 1.87 bits per heavy atom. The Kier molecular flexibility index (Phi) is 6.84. The first-order valence-corrected chi connectivity index (χ1v) is 10.6. The van der Waals surface area contributed by atoms with Crippen molar-refractivity contribution in [3.8, 4) is 5.75 Å². The monoisotopic (exact) mass is 465 g/mol. The maximum atomic E-state index is 11.5. The Balaban J connectivity index is 2.14. The molecule has 3 aromatic rings. The number of phenols is 1. The smallest absolute Gasteiger partial charge is 0.296 e. The summed E-state index contributed by atoms with van der Waals surface area (Å²) in [5.41, 5.74) is 0.193. The lowest BCUT2D eigenvalue weighted by Gasteiger charge is -2.10. The molecule has 0 aromatic heterocycles. The van der Waals surface area contributed by atoms with E-state index < -0.39 is 15.0 Å². The largest absolute Gasteiger partial charge is 0.505 e. The zero-order valence-electron chi connectivity index (χ0n) is 15.7. The van der Waals surface area contributed by atoms with Gasteiger partial charge in [0.1, 0.15) is 16.3 Å². The average Bonchev–Trinajstić information content (AvgIpc) is 2.70. The fourth-order valence-electron chi connectivity index (χ4n) is 2.71. The lowest BCUT2D eigenvalue weighted by atomic mass is 10.1. The van der Waals surface area contributed by atoms with Crippen molar-refractivity contribution in [2.24, 2.45) is 10.2 Å². The minimum Gasteiger partial charge on any atom is -0.505 e. The number of hydrogen-bond acceptors (Lipinski definition) is 10. The van der Waals surface area contributed by atoms with Crippen LogP contribution in [0.15, 0.2) is 68.6 Å².